The Labute approximate surface area is 123 Å². The largest absolute Gasteiger partial charge is 0.322 e. The van der Waals surface area contributed by atoms with Crippen LogP contribution in [0.15, 0.2) is 35.4 Å². The second-order valence-electron chi connectivity index (χ2n) is 5.31. The molecule has 0 spiro atoms. The fourth-order valence-electron chi connectivity index (χ4n) is 2.45. The summed E-state index contributed by atoms with van der Waals surface area (Å²) in [7, 11) is 0. The highest BCUT2D eigenvalue weighted by Crippen LogP contribution is 2.28. The van der Waals surface area contributed by atoms with E-state index < -0.39 is 12.1 Å². The quantitative estimate of drug-likeness (QED) is 0.860. The van der Waals surface area contributed by atoms with Gasteiger partial charge >= 0.3 is 0 Å². The maximum atomic E-state index is 12.5. The van der Waals surface area contributed by atoms with Crippen LogP contribution in [-0.4, -0.2) is 29.4 Å². The minimum atomic E-state index is -0.878. The zero-order valence-electron chi connectivity index (χ0n) is 12.1. The summed E-state index contributed by atoms with van der Waals surface area (Å²) < 4.78 is 0. The molecule has 1 aromatic carbocycles. The van der Waals surface area contributed by atoms with E-state index in [1.807, 2.05) is 0 Å². The summed E-state index contributed by atoms with van der Waals surface area (Å²) in [5, 5.41) is 0. The van der Waals surface area contributed by atoms with Gasteiger partial charge in [0.25, 0.3) is 0 Å². The van der Waals surface area contributed by atoms with Crippen LogP contribution in [0.1, 0.15) is 41.0 Å². The van der Waals surface area contributed by atoms with Crippen molar-refractivity contribution in [3.05, 3.63) is 46.5 Å². The van der Waals surface area contributed by atoms with E-state index in [4.69, 9.17) is 11.5 Å². The lowest BCUT2D eigenvalue weighted by Crippen LogP contribution is -2.42. The van der Waals surface area contributed by atoms with Crippen LogP contribution in [0.4, 0.5) is 0 Å². The fraction of sp³-hybridized carbons (Fsp3) is 0.312. The van der Waals surface area contributed by atoms with Crippen LogP contribution < -0.4 is 11.5 Å². The molecule has 1 aromatic rings. The zero-order chi connectivity index (χ0) is 15.7. The van der Waals surface area contributed by atoms with Crippen LogP contribution in [0, 0.1) is 0 Å². The molecule has 2 rings (SSSR count). The Hall–Kier alpha value is -2.11. The Morgan fingerprint density at radius 2 is 1.62 bits per heavy atom. The van der Waals surface area contributed by atoms with Crippen molar-refractivity contribution in [1.82, 2.24) is 0 Å². The summed E-state index contributed by atoms with van der Waals surface area (Å²) in [4.78, 5) is 36.6. The molecule has 5 nitrogen and oxygen atoms in total. The topological polar surface area (TPSA) is 103 Å². The summed E-state index contributed by atoms with van der Waals surface area (Å²) in [5.41, 5.74) is 12.8. The lowest BCUT2D eigenvalue weighted by atomic mass is 9.81. The number of Topliss-reactive ketones (excluding diaryl/α,β-unsaturated/α-hetero) is 3. The van der Waals surface area contributed by atoms with E-state index in [9.17, 15) is 14.4 Å². The van der Waals surface area contributed by atoms with Gasteiger partial charge in [0.15, 0.2) is 17.3 Å². The summed E-state index contributed by atoms with van der Waals surface area (Å²) in [6.45, 7) is 3.14. The van der Waals surface area contributed by atoms with Crippen LogP contribution in [-0.2, 0) is 4.79 Å². The number of hydrogen-bond acceptors (Lipinski definition) is 5. The third-order valence-corrected chi connectivity index (χ3v) is 3.72. The number of carbonyl (C=O) groups excluding carboxylic acids is 3. The highest BCUT2D eigenvalue weighted by Gasteiger charge is 2.31. The van der Waals surface area contributed by atoms with Gasteiger partial charge in [-0.25, -0.2) is 0 Å². The fourth-order valence-corrected chi connectivity index (χ4v) is 2.45. The highest BCUT2D eigenvalue weighted by atomic mass is 16.1. The molecular formula is C16H18N2O3. The maximum Gasteiger partial charge on any atom is 0.190 e. The van der Waals surface area contributed by atoms with Crippen LogP contribution in [0.5, 0.6) is 0 Å². The van der Waals surface area contributed by atoms with Crippen molar-refractivity contribution in [1.29, 1.82) is 0 Å². The van der Waals surface area contributed by atoms with E-state index >= 15 is 0 Å². The van der Waals surface area contributed by atoms with Crippen molar-refractivity contribution in [2.75, 3.05) is 0 Å². The smallest absolute Gasteiger partial charge is 0.190 e. The summed E-state index contributed by atoms with van der Waals surface area (Å²) in [6, 6.07) is 5.09. The highest BCUT2D eigenvalue weighted by molar-refractivity contribution is 6.26. The molecule has 110 valence electrons. The van der Waals surface area contributed by atoms with Crippen molar-refractivity contribution in [3.8, 4) is 0 Å². The molecular weight excluding hydrogens is 268 g/mol. The predicted octanol–water partition coefficient (Wildman–Crippen LogP) is 1.02. The first-order chi connectivity index (χ1) is 9.84. The van der Waals surface area contributed by atoms with Gasteiger partial charge in [-0.1, -0.05) is 24.3 Å². The number of fused-ring (bicyclic) bond motifs is 1. The molecule has 0 amide bonds. The average Bonchev–Trinajstić information content (AvgIpc) is 2.48. The van der Waals surface area contributed by atoms with Gasteiger partial charge in [0, 0.05) is 22.3 Å². The van der Waals surface area contributed by atoms with E-state index in [1.165, 1.54) is 0 Å². The number of nitrogens with two attached hydrogens (primary N) is 2. The van der Waals surface area contributed by atoms with Crippen molar-refractivity contribution >= 4 is 17.3 Å². The van der Waals surface area contributed by atoms with Gasteiger partial charge in [0.1, 0.15) is 0 Å². The Morgan fingerprint density at radius 1 is 1.10 bits per heavy atom. The lowest BCUT2D eigenvalue weighted by molar-refractivity contribution is -0.121. The van der Waals surface area contributed by atoms with E-state index in [-0.39, 0.29) is 23.8 Å². The molecule has 1 aliphatic rings. The number of benzene rings is 1. The van der Waals surface area contributed by atoms with Crippen LogP contribution >= 0.6 is 0 Å². The number of hydrogen-bond donors (Lipinski definition) is 2. The SMILES string of the molecule is CC1=C(CC(N)C(=O)[C@H](C)N)C(=O)c2ccccc2C1=O. The molecule has 1 unspecified atom stereocenters. The first-order valence-electron chi connectivity index (χ1n) is 6.77. The third-order valence-electron chi connectivity index (χ3n) is 3.72. The van der Waals surface area contributed by atoms with Crippen LogP contribution in [0.2, 0.25) is 0 Å². The van der Waals surface area contributed by atoms with Gasteiger partial charge in [0.2, 0.25) is 0 Å². The first kappa shape index (κ1) is 15.3. The van der Waals surface area contributed by atoms with E-state index in [2.05, 4.69) is 0 Å². The lowest BCUT2D eigenvalue weighted by Gasteiger charge is -2.21. The first-order valence-corrected chi connectivity index (χ1v) is 6.77. The molecule has 2 atom stereocenters. The molecule has 0 bridgehead atoms. The molecule has 0 saturated heterocycles. The molecule has 0 fully saturated rings. The van der Waals surface area contributed by atoms with E-state index in [0.29, 0.717) is 22.3 Å². The molecule has 5 heteroatoms. The van der Waals surface area contributed by atoms with Gasteiger partial charge in [-0.3, -0.25) is 14.4 Å². The minimum absolute atomic E-state index is 0.0329. The Balaban J connectivity index is 2.37. The molecule has 4 N–H and O–H groups in total. The van der Waals surface area contributed by atoms with E-state index in [1.54, 1.807) is 38.1 Å². The Kier molecular flexibility index (Phi) is 4.16. The van der Waals surface area contributed by atoms with Gasteiger partial charge in [-0.2, -0.15) is 0 Å². The number of allylic oxidation sites excluding steroid dienone is 1. The Morgan fingerprint density at radius 3 is 2.14 bits per heavy atom. The third kappa shape index (κ3) is 2.70. The molecule has 0 heterocycles. The maximum absolute atomic E-state index is 12.5. The van der Waals surface area contributed by atoms with Gasteiger partial charge < -0.3 is 11.5 Å². The standard InChI is InChI=1S/C16H18N2O3/c1-8-12(7-13(18)15(20)9(2)17)16(21)11-6-4-3-5-10(11)14(8)19/h3-6,9,13H,7,17-18H2,1-2H3/t9-,13?/m0/s1. The van der Waals surface area contributed by atoms with Gasteiger partial charge in [-0.15, -0.1) is 0 Å². The second-order valence-corrected chi connectivity index (χ2v) is 5.31. The average molecular weight is 286 g/mol. The van der Waals surface area contributed by atoms with Crippen molar-refractivity contribution in [2.24, 2.45) is 11.5 Å². The normalized spacial score (nSPS) is 17.5. The zero-order valence-corrected chi connectivity index (χ0v) is 12.1. The molecule has 0 radical (unpaired) electrons. The molecule has 1 aliphatic carbocycles. The molecule has 21 heavy (non-hydrogen) atoms. The number of rotatable bonds is 4. The second kappa shape index (κ2) is 5.71. The van der Waals surface area contributed by atoms with Crippen LogP contribution in [0.25, 0.3) is 0 Å². The predicted molar refractivity (Wildman–Crippen MR) is 79.1 cm³/mol. The Bertz CT molecular complexity index is 659. The summed E-state index contributed by atoms with van der Waals surface area (Å²) >= 11 is 0. The monoisotopic (exact) mass is 286 g/mol. The summed E-state index contributed by atoms with van der Waals surface area (Å²) in [5.74, 6) is -0.759. The number of ketones is 3. The van der Waals surface area contributed by atoms with Crippen molar-refractivity contribution in [2.45, 2.75) is 32.4 Å². The molecule has 0 aliphatic heterocycles. The summed E-state index contributed by atoms with van der Waals surface area (Å²) in [6.07, 6.45) is 0.0329. The van der Waals surface area contributed by atoms with Crippen molar-refractivity contribution < 1.29 is 14.4 Å². The minimum Gasteiger partial charge on any atom is -0.322 e. The molecule has 0 saturated carbocycles. The van der Waals surface area contributed by atoms with Gasteiger partial charge in [0.05, 0.1) is 12.1 Å². The van der Waals surface area contributed by atoms with Crippen LogP contribution in [0.3, 0.4) is 0 Å². The molecule has 0 aromatic heterocycles. The number of carbonyl (C=O) groups is 3. The van der Waals surface area contributed by atoms with E-state index in [0.717, 1.165) is 0 Å². The van der Waals surface area contributed by atoms with Crippen molar-refractivity contribution in [3.63, 3.8) is 0 Å². The van der Waals surface area contributed by atoms with Gasteiger partial charge in [-0.05, 0) is 20.3 Å².